The standard InChI is InChI=1S/C14H25N3OS/c1-4-18-12(11-8-6-5-7-9-11)13-16-14(19-17-13)15-10(2)3/h10-12H,4-9H2,1-3H3,(H,15,16,17). The maximum Gasteiger partial charge on any atom is 0.202 e. The molecule has 0 radical (unpaired) electrons. The van der Waals surface area contributed by atoms with Crippen molar-refractivity contribution >= 4 is 16.7 Å². The third-order valence-electron chi connectivity index (χ3n) is 3.53. The molecule has 0 aliphatic heterocycles. The van der Waals surface area contributed by atoms with Gasteiger partial charge in [0.05, 0.1) is 0 Å². The van der Waals surface area contributed by atoms with Crippen LogP contribution in [-0.4, -0.2) is 22.0 Å². The molecule has 1 saturated carbocycles. The molecule has 1 atom stereocenters. The molecule has 1 aliphatic rings. The number of nitrogens with zero attached hydrogens (tertiary/aromatic N) is 2. The summed E-state index contributed by atoms with van der Waals surface area (Å²) in [5.41, 5.74) is 0. The van der Waals surface area contributed by atoms with Crippen LogP contribution in [0.15, 0.2) is 0 Å². The maximum absolute atomic E-state index is 5.94. The van der Waals surface area contributed by atoms with Crippen LogP contribution in [0.3, 0.4) is 0 Å². The lowest BCUT2D eigenvalue weighted by atomic mass is 9.85. The predicted octanol–water partition coefficient (Wildman–Crippen LogP) is 4.02. The average Bonchev–Trinajstić information content (AvgIpc) is 2.84. The summed E-state index contributed by atoms with van der Waals surface area (Å²) in [6.07, 6.45) is 6.57. The van der Waals surface area contributed by atoms with E-state index in [0.29, 0.717) is 12.0 Å². The molecule has 108 valence electrons. The molecule has 1 fully saturated rings. The molecule has 1 heterocycles. The maximum atomic E-state index is 5.94. The van der Waals surface area contributed by atoms with E-state index >= 15 is 0 Å². The second-order valence-electron chi connectivity index (χ2n) is 5.53. The number of nitrogens with one attached hydrogen (secondary N) is 1. The van der Waals surface area contributed by atoms with Gasteiger partial charge in [0.2, 0.25) is 5.13 Å². The largest absolute Gasteiger partial charge is 0.370 e. The first-order valence-electron chi connectivity index (χ1n) is 7.42. The van der Waals surface area contributed by atoms with Crippen LogP contribution in [0.2, 0.25) is 0 Å². The van der Waals surface area contributed by atoms with Crippen LogP contribution in [0, 0.1) is 5.92 Å². The highest BCUT2D eigenvalue weighted by Gasteiger charge is 2.28. The van der Waals surface area contributed by atoms with Gasteiger partial charge in [0.15, 0.2) is 5.82 Å². The molecule has 1 unspecified atom stereocenters. The van der Waals surface area contributed by atoms with E-state index in [-0.39, 0.29) is 6.10 Å². The van der Waals surface area contributed by atoms with Crippen molar-refractivity contribution in [3.8, 4) is 0 Å². The van der Waals surface area contributed by atoms with Crippen LogP contribution in [0.1, 0.15) is 64.8 Å². The smallest absolute Gasteiger partial charge is 0.202 e. The van der Waals surface area contributed by atoms with E-state index in [1.165, 1.54) is 43.6 Å². The van der Waals surface area contributed by atoms with Crippen LogP contribution in [0.25, 0.3) is 0 Å². The summed E-state index contributed by atoms with van der Waals surface area (Å²) < 4.78 is 10.4. The van der Waals surface area contributed by atoms with E-state index in [2.05, 4.69) is 35.4 Å². The van der Waals surface area contributed by atoms with Crippen LogP contribution in [0.4, 0.5) is 5.13 Å². The first-order chi connectivity index (χ1) is 9.20. The van der Waals surface area contributed by atoms with Crippen molar-refractivity contribution in [1.29, 1.82) is 0 Å². The Hall–Kier alpha value is -0.680. The van der Waals surface area contributed by atoms with Crippen molar-refractivity contribution in [3.05, 3.63) is 5.82 Å². The Morgan fingerprint density at radius 3 is 2.68 bits per heavy atom. The van der Waals surface area contributed by atoms with Gasteiger partial charge in [-0.05, 0) is 39.5 Å². The Morgan fingerprint density at radius 1 is 1.32 bits per heavy atom. The Bertz CT molecular complexity index is 375. The molecule has 1 aromatic heterocycles. The summed E-state index contributed by atoms with van der Waals surface area (Å²) >= 11 is 1.44. The van der Waals surface area contributed by atoms with Crippen molar-refractivity contribution in [2.75, 3.05) is 11.9 Å². The molecule has 4 nitrogen and oxygen atoms in total. The molecular weight excluding hydrogens is 258 g/mol. The first-order valence-corrected chi connectivity index (χ1v) is 8.19. The van der Waals surface area contributed by atoms with Crippen LogP contribution < -0.4 is 5.32 Å². The Kier molecular flexibility index (Phi) is 5.58. The molecule has 19 heavy (non-hydrogen) atoms. The van der Waals surface area contributed by atoms with Gasteiger partial charge in [0.25, 0.3) is 0 Å². The monoisotopic (exact) mass is 283 g/mol. The average molecular weight is 283 g/mol. The Morgan fingerprint density at radius 2 is 2.05 bits per heavy atom. The van der Waals surface area contributed by atoms with Gasteiger partial charge in [0, 0.05) is 24.2 Å². The Labute approximate surface area is 120 Å². The highest BCUT2D eigenvalue weighted by Crippen LogP contribution is 2.36. The summed E-state index contributed by atoms with van der Waals surface area (Å²) in [7, 11) is 0. The van der Waals surface area contributed by atoms with E-state index in [4.69, 9.17) is 4.74 Å². The molecule has 1 aliphatic carbocycles. The molecule has 0 spiro atoms. The molecule has 2 rings (SSSR count). The summed E-state index contributed by atoms with van der Waals surface area (Å²) in [6.45, 7) is 7.01. The van der Waals surface area contributed by atoms with Gasteiger partial charge in [-0.25, -0.2) is 4.98 Å². The van der Waals surface area contributed by atoms with Gasteiger partial charge in [0.1, 0.15) is 6.10 Å². The van der Waals surface area contributed by atoms with Gasteiger partial charge in [-0.1, -0.05) is 19.3 Å². The second kappa shape index (κ2) is 7.20. The number of rotatable bonds is 6. The minimum absolute atomic E-state index is 0.0873. The summed E-state index contributed by atoms with van der Waals surface area (Å²) in [5, 5.41) is 4.22. The third-order valence-corrected chi connectivity index (χ3v) is 4.19. The zero-order chi connectivity index (χ0) is 13.7. The van der Waals surface area contributed by atoms with Crippen molar-refractivity contribution in [2.24, 2.45) is 5.92 Å². The minimum atomic E-state index is 0.0873. The van der Waals surface area contributed by atoms with Crippen molar-refractivity contribution in [3.63, 3.8) is 0 Å². The number of ether oxygens (including phenoxy) is 1. The molecular formula is C14H25N3OS. The number of hydrogen-bond acceptors (Lipinski definition) is 5. The zero-order valence-electron chi connectivity index (χ0n) is 12.2. The topological polar surface area (TPSA) is 47.0 Å². The molecule has 0 amide bonds. The fraction of sp³-hybridized carbons (Fsp3) is 0.857. The fourth-order valence-corrected chi connectivity index (χ4v) is 3.44. The third kappa shape index (κ3) is 4.14. The van der Waals surface area contributed by atoms with E-state index in [9.17, 15) is 0 Å². The van der Waals surface area contributed by atoms with Crippen LogP contribution in [0.5, 0.6) is 0 Å². The molecule has 0 bridgehead atoms. The first kappa shape index (κ1) is 14.7. The van der Waals surface area contributed by atoms with E-state index in [1.807, 2.05) is 0 Å². The lowest BCUT2D eigenvalue weighted by Gasteiger charge is -2.28. The van der Waals surface area contributed by atoms with Gasteiger partial charge >= 0.3 is 0 Å². The van der Waals surface area contributed by atoms with Crippen molar-refractivity contribution in [1.82, 2.24) is 9.36 Å². The highest BCUT2D eigenvalue weighted by atomic mass is 32.1. The van der Waals surface area contributed by atoms with E-state index in [0.717, 1.165) is 17.6 Å². The molecule has 1 aromatic rings. The lowest BCUT2D eigenvalue weighted by molar-refractivity contribution is 0.000640. The van der Waals surface area contributed by atoms with Gasteiger partial charge in [-0.15, -0.1) is 0 Å². The van der Waals surface area contributed by atoms with Crippen LogP contribution in [-0.2, 0) is 4.74 Å². The Balaban J connectivity index is 2.06. The number of aromatic nitrogens is 2. The second-order valence-corrected chi connectivity index (χ2v) is 6.28. The lowest BCUT2D eigenvalue weighted by Crippen LogP contribution is -2.20. The van der Waals surface area contributed by atoms with Gasteiger partial charge in [-0.3, -0.25) is 0 Å². The summed E-state index contributed by atoms with van der Waals surface area (Å²) in [5.74, 6) is 1.47. The van der Waals surface area contributed by atoms with Gasteiger partial charge in [-0.2, -0.15) is 4.37 Å². The number of anilines is 1. The normalized spacial score (nSPS) is 18.7. The van der Waals surface area contributed by atoms with E-state index < -0.39 is 0 Å². The molecule has 0 saturated heterocycles. The summed E-state index contributed by atoms with van der Waals surface area (Å²) in [4.78, 5) is 4.62. The van der Waals surface area contributed by atoms with Crippen molar-refractivity contribution in [2.45, 2.75) is 65.0 Å². The fourth-order valence-electron chi connectivity index (χ4n) is 2.69. The van der Waals surface area contributed by atoms with Crippen LogP contribution >= 0.6 is 11.5 Å². The minimum Gasteiger partial charge on any atom is -0.370 e. The van der Waals surface area contributed by atoms with E-state index in [1.54, 1.807) is 0 Å². The highest BCUT2D eigenvalue weighted by molar-refractivity contribution is 7.09. The molecule has 5 heteroatoms. The predicted molar refractivity (Wildman–Crippen MR) is 79.6 cm³/mol. The number of hydrogen-bond donors (Lipinski definition) is 1. The molecule has 1 N–H and O–H groups in total. The van der Waals surface area contributed by atoms with Gasteiger partial charge < -0.3 is 10.1 Å². The SMILES string of the molecule is CCOC(c1nsc(NC(C)C)n1)C1CCCCC1. The quantitative estimate of drug-likeness (QED) is 0.856. The zero-order valence-corrected chi connectivity index (χ0v) is 13.0. The van der Waals surface area contributed by atoms with Crippen molar-refractivity contribution < 1.29 is 4.74 Å². The summed E-state index contributed by atoms with van der Waals surface area (Å²) in [6, 6.07) is 0.390. The molecule has 0 aromatic carbocycles.